The summed E-state index contributed by atoms with van der Waals surface area (Å²) >= 11 is 0. The van der Waals surface area contributed by atoms with Gasteiger partial charge in [0.25, 0.3) is 0 Å². The molecule has 3 aliphatic carbocycles. The Balaban J connectivity index is 1.79. The van der Waals surface area contributed by atoms with Crippen LogP contribution in [0.2, 0.25) is 0 Å². The molecule has 0 bridgehead atoms. The van der Waals surface area contributed by atoms with Gasteiger partial charge in [0.1, 0.15) is 5.75 Å². The summed E-state index contributed by atoms with van der Waals surface area (Å²) in [5.41, 5.74) is 4.25. The van der Waals surface area contributed by atoms with Crippen LogP contribution in [-0.2, 0) is 32.0 Å². The van der Waals surface area contributed by atoms with Crippen LogP contribution in [0.25, 0.3) is 0 Å². The van der Waals surface area contributed by atoms with Gasteiger partial charge in [0.2, 0.25) is 5.91 Å². The van der Waals surface area contributed by atoms with Gasteiger partial charge in [-0.1, -0.05) is 6.07 Å². The first-order valence-corrected chi connectivity index (χ1v) is 12.1. The van der Waals surface area contributed by atoms with Crippen molar-refractivity contribution in [2.45, 2.75) is 37.3 Å². The number of carbonyl (C=O) groups is 5. The van der Waals surface area contributed by atoms with Crippen molar-refractivity contribution in [1.82, 2.24) is 9.80 Å². The van der Waals surface area contributed by atoms with Gasteiger partial charge in [-0.3, -0.25) is 28.9 Å². The second-order valence-corrected chi connectivity index (χ2v) is 10.8. The summed E-state index contributed by atoms with van der Waals surface area (Å²) in [5.74, 6) is -10.2. The minimum absolute atomic E-state index is 0.0453. The maximum atomic E-state index is 13.8. The predicted octanol–water partition coefficient (Wildman–Crippen LogP) is -0.639. The monoisotopic (exact) mass is 499 g/mol. The molecule has 10 heteroatoms. The van der Waals surface area contributed by atoms with E-state index in [4.69, 9.17) is 5.73 Å². The number of rotatable bonds is 6. The molecular weight excluding hydrogens is 466 g/mol. The lowest BCUT2D eigenvalue weighted by Gasteiger charge is -2.52. The normalized spacial score (nSPS) is 31.9. The third-order valence-corrected chi connectivity index (χ3v) is 8.09. The summed E-state index contributed by atoms with van der Waals surface area (Å²) in [6, 6.07) is 2.12. The molecule has 0 aromatic heterocycles. The number of Topliss-reactive ketones (excluding diaryl/α,β-unsaturated/α-hetero) is 4. The summed E-state index contributed by atoms with van der Waals surface area (Å²) in [4.78, 5) is 69.4. The van der Waals surface area contributed by atoms with Crippen LogP contribution in [0.5, 0.6) is 5.75 Å². The standard InChI is InChI=1S/C26H33N3O7/c1-28(2)9-5-6-12-7-8-16(30)18-14(12)10-13-11-15-20(29(3)4)22(32)19(25(27)35)24(34)26(15,36)23(33)17(13)21(18)31/h7-8,13,15,17,19-20,30,36H,5-6,9-11H2,1-4H3,(H2,27,35). The van der Waals surface area contributed by atoms with Crippen molar-refractivity contribution in [3.05, 3.63) is 28.8 Å². The number of benzene rings is 1. The van der Waals surface area contributed by atoms with Crippen LogP contribution >= 0.6 is 0 Å². The predicted molar refractivity (Wildman–Crippen MR) is 128 cm³/mol. The number of phenolic OH excluding ortho intramolecular Hbond substituents is 1. The largest absolute Gasteiger partial charge is 0.507 e. The maximum absolute atomic E-state index is 13.8. The quantitative estimate of drug-likeness (QED) is 0.433. The van der Waals surface area contributed by atoms with E-state index in [0.717, 1.165) is 18.5 Å². The molecular formula is C26H33N3O7. The molecule has 4 rings (SSSR count). The molecule has 10 nitrogen and oxygen atoms in total. The van der Waals surface area contributed by atoms with E-state index in [1.54, 1.807) is 20.2 Å². The van der Waals surface area contributed by atoms with E-state index in [1.807, 2.05) is 19.0 Å². The smallest absolute Gasteiger partial charge is 0.235 e. The fourth-order valence-electron chi connectivity index (χ4n) is 6.49. The second-order valence-electron chi connectivity index (χ2n) is 10.8. The number of amides is 1. The Morgan fingerprint density at radius 2 is 1.78 bits per heavy atom. The van der Waals surface area contributed by atoms with Crippen LogP contribution in [0, 0.1) is 23.7 Å². The highest BCUT2D eigenvalue weighted by molar-refractivity contribution is 6.32. The molecule has 4 N–H and O–H groups in total. The van der Waals surface area contributed by atoms with Crippen LogP contribution < -0.4 is 5.73 Å². The minimum atomic E-state index is -2.70. The van der Waals surface area contributed by atoms with Crippen molar-refractivity contribution in [1.29, 1.82) is 0 Å². The Hall–Kier alpha value is -2.95. The molecule has 1 aromatic carbocycles. The highest BCUT2D eigenvalue weighted by Crippen LogP contribution is 2.51. The average molecular weight is 500 g/mol. The highest BCUT2D eigenvalue weighted by Gasteiger charge is 2.69. The van der Waals surface area contributed by atoms with Gasteiger partial charge in [-0.25, -0.2) is 0 Å². The maximum Gasteiger partial charge on any atom is 0.235 e. The first-order valence-electron chi connectivity index (χ1n) is 12.1. The zero-order chi connectivity index (χ0) is 26.7. The molecule has 2 fully saturated rings. The molecule has 194 valence electrons. The zero-order valence-electron chi connectivity index (χ0n) is 21.0. The lowest BCUT2D eigenvalue weighted by atomic mass is 9.52. The van der Waals surface area contributed by atoms with E-state index in [9.17, 15) is 34.2 Å². The number of nitrogens with zero attached hydrogens (tertiary/aromatic N) is 2. The van der Waals surface area contributed by atoms with Gasteiger partial charge >= 0.3 is 0 Å². The fraction of sp³-hybridized carbons (Fsp3) is 0.577. The highest BCUT2D eigenvalue weighted by atomic mass is 16.3. The number of hydrogen-bond acceptors (Lipinski definition) is 9. The summed E-state index contributed by atoms with van der Waals surface area (Å²) in [6.45, 7) is 0.832. The summed E-state index contributed by atoms with van der Waals surface area (Å²) in [6.07, 6.45) is 1.84. The molecule has 0 spiro atoms. The number of likely N-dealkylation sites (N-methyl/N-ethyl adjacent to an activating group) is 1. The number of nitrogens with two attached hydrogens (primary N) is 1. The lowest BCUT2D eigenvalue weighted by Crippen LogP contribution is -2.74. The first kappa shape index (κ1) is 26.1. The van der Waals surface area contributed by atoms with E-state index < -0.39 is 64.4 Å². The minimum Gasteiger partial charge on any atom is -0.507 e. The third-order valence-electron chi connectivity index (χ3n) is 8.09. The van der Waals surface area contributed by atoms with Gasteiger partial charge in [0, 0.05) is 5.92 Å². The van der Waals surface area contributed by atoms with E-state index >= 15 is 0 Å². The SMILES string of the molecule is CN(C)CCCc1ccc(O)c2c1CC1CC3C(N(C)C)C(=O)C(C(N)=O)C(=O)C3(O)C(=O)C1C2=O. The zero-order valence-corrected chi connectivity index (χ0v) is 21.0. The molecule has 0 aliphatic heterocycles. The summed E-state index contributed by atoms with van der Waals surface area (Å²) < 4.78 is 0. The van der Waals surface area contributed by atoms with E-state index in [-0.39, 0.29) is 24.2 Å². The number of primary amides is 1. The molecule has 3 aliphatic rings. The fourth-order valence-corrected chi connectivity index (χ4v) is 6.49. The topological polar surface area (TPSA) is 158 Å². The molecule has 1 aromatic rings. The number of fused-ring (bicyclic) bond motifs is 3. The number of aliphatic hydroxyl groups is 1. The van der Waals surface area contributed by atoms with Crippen molar-refractivity contribution >= 4 is 29.0 Å². The van der Waals surface area contributed by atoms with Gasteiger partial charge in [-0.05, 0) is 83.5 Å². The summed E-state index contributed by atoms with van der Waals surface area (Å²) in [5, 5.41) is 22.1. The number of carbonyl (C=O) groups excluding carboxylic acids is 5. The van der Waals surface area contributed by atoms with Gasteiger partial charge in [0.05, 0.1) is 17.5 Å². The molecule has 6 atom stereocenters. The molecule has 1 amide bonds. The van der Waals surface area contributed by atoms with Crippen LogP contribution in [-0.4, -0.2) is 95.4 Å². The van der Waals surface area contributed by atoms with Crippen LogP contribution in [0.15, 0.2) is 12.1 Å². The van der Waals surface area contributed by atoms with Crippen molar-refractivity contribution < 1.29 is 34.2 Å². The third kappa shape index (κ3) is 3.79. The van der Waals surface area contributed by atoms with Gasteiger partial charge < -0.3 is 20.8 Å². The van der Waals surface area contributed by atoms with Crippen molar-refractivity contribution in [2.75, 3.05) is 34.7 Å². The second kappa shape index (κ2) is 9.17. The Morgan fingerprint density at radius 3 is 2.36 bits per heavy atom. The van der Waals surface area contributed by atoms with Crippen molar-refractivity contribution in [3.8, 4) is 5.75 Å². The molecule has 6 unspecified atom stereocenters. The number of aryl methyl sites for hydroxylation is 1. The molecule has 2 saturated carbocycles. The Labute approximate surface area is 209 Å². The van der Waals surface area contributed by atoms with E-state index in [1.165, 1.54) is 11.0 Å². The number of phenols is 1. The summed E-state index contributed by atoms with van der Waals surface area (Å²) in [7, 11) is 7.06. The van der Waals surface area contributed by atoms with Gasteiger partial charge in [0.15, 0.2) is 34.7 Å². The Bertz CT molecular complexity index is 1160. The molecule has 0 saturated heterocycles. The van der Waals surface area contributed by atoms with Crippen molar-refractivity contribution in [3.63, 3.8) is 0 Å². The molecule has 0 heterocycles. The van der Waals surface area contributed by atoms with Gasteiger partial charge in [-0.2, -0.15) is 0 Å². The average Bonchev–Trinajstić information content (AvgIpc) is 2.77. The number of hydrogen-bond donors (Lipinski definition) is 3. The first-order chi connectivity index (χ1) is 16.8. The Kier molecular flexibility index (Phi) is 6.65. The van der Waals surface area contributed by atoms with Crippen LogP contribution in [0.3, 0.4) is 0 Å². The van der Waals surface area contributed by atoms with E-state index in [2.05, 4.69) is 0 Å². The van der Waals surface area contributed by atoms with Crippen molar-refractivity contribution in [2.24, 2.45) is 29.4 Å². The molecule has 0 radical (unpaired) electrons. The van der Waals surface area contributed by atoms with Gasteiger partial charge in [-0.15, -0.1) is 0 Å². The Morgan fingerprint density at radius 1 is 1.11 bits per heavy atom. The lowest BCUT2D eigenvalue weighted by molar-refractivity contribution is -0.181. The molecule has 36 heavy (non-hydrogen) atoms. The number of ketones is 4. The van der Waals surface area contributed by atoms with Crippen LogP contribution in [0.1, 0.15) is 34.3 Å². The number of aromatic hydroxyl groups is 1. The van der Waals surface area contributed by atoms with E-state index in [0.29, 0.717) is 12.0 Å². The van der Waals surface area contributed by atoms with Crippen LogP contribution in [0.4, 0.5) is 0 Å².